The molecule has 8 heteroatoms. The van der Waals surface area contributed by atoms with Crippen LogP contribution in [-0.2, 0) is 10.0 Å². The fourth-order valence-electron chi connectivity index (χ4n) is 2.50. The third-order valence-corrected chi connectivity index (χ3v) is 5.75. The Morgan fingerprint density at radius 1 is 0.926 bits per heavy atom. The summed E-state index contributed by atoms with van der Waals surface area (Å²) < 4.78 is 27.5. The summed E-state index contributed by atoms with van der Waals surface area (Å²) >= 11 is 11.9. The zero-order chi connectivity index (χ0) is 19.6. The van der Waals surface area contributed by atoms with Crippen LogP contribution in [0.5, 0.6) is 0 Å². The first kappa shape index (κ1) is 19.2. The van der Waals surface area contributed by atoms with Crippen molar-refractivity contribution in [2.45, 2.75) is 4.90 Å². The Labute approximate surface area is 166 Å². The molecule has 0 unspecified atom stereocenters. The van der Waals surface area contributed by atoms with Crippen molar-refractivity contribution >= 4 is 44.9 Å². The number of sulfonamides is 1. The van der Waals surface area contributed by atoms with Gasteiger partial charge in [-0.25, -0.2) is 13.2 Å². The smallest absolute Gasteiger partial charge is 0.337 e. The summed E-state index contributed by atoms with van der Waals surface area (Å²) in [5.74, 6) is -1.29. The first-order chi connectivity index (χ1) is 12.8. The predicted octanol–water partition coefficient (Wildman–Crippen LogP) is 5.16. The number of nitrogens with one attached hydrogen (secondary N) is 1. The van der Waals surface area contributed by atoms with Gasteiger partial charge in [-0.2, -0.15) is 0 Å². The molecule has 138 valence electrons. The number of hydrogen-bond donors (Lipinski definition) is 2. The second-order valence-electron chi connectivity index (χ2n) is 5.60. The van der Waals surface area contributed by atoms with Gasteiger partial charge >= 0.3 is 5.97 Å². The minimum atomic E-state index is -3.98. The van der Waals surface area contributed by atoms with E-state index in [2.05, 4.69) is 4.72 Å². The molecule has 0 spiro atoms. The lowest BCUT2D eigenvalue weighted by atomic mass is 10.1. The van der Waals surface area contributed by atoms with Crippen molar-refractivity contribution in [3.05, 3.63) is 82.3 Å². The lowest BCUT2D eigenvalue weighted by Crippen LogP contribution is -2.15. The number of anilines is 1. The number of rotatable bonds is 5. The van der Waals surface area contributed by atoms with Gasteiger partial charge in [0.2, 0.25) is 0 Å². The highest BCUT2D eigenvalue weighted by atomic mass is 35.5. The highest BCUT2D eigenvalue weighted by Gasteiger charge is 2.19. The van der Waals surface area contributed by atoms with E-state index in [1.54, 1.807) is 24.3 Å². The van der Waals surface area contributed by atoms with E-state index in [9.17, 15) is 18.3 Å². The van der Waals surface area contributed by atoms with Crippen LogP contribution < -0.4 is 4.72 Å². The van der Waals surface area contributed by atoms with Crippen LogP contribution in [0.1, 0.15) is 10.4 Å². The van der Waals surface area contributed by atoms with Gasteiger partial charge in [-0.1, -0.05) is 53.5 Å². The van der Waals surface area contributed by atoms with Gasteiger partial charge in [0.1, 0.15) is 0 Å². The Hall–Kier alpha value is -2.54. The number of carboxylic acids is 1. The molecule has 0 aliphatic rings. The van der Waals surface area contributed by atoms with Crippen molar-refractivity contribution in [2.75, 3.05) is 4.72 Å². The molecule has 0 saturated heterocycles. The third kappa shape index (κ3) is 4.24. The van der Waals surface area contributed by atoms with E-state index in [-0.39, 0.29) is 21.2 Å². The molecule has 0 aromatic heterocycles. The maximum atomic E-state index is 12.6. The first-order valence-corrected chi connectivity index (χ1v) is 9.92. The Morgan fingerprint density at radius 2 is 1.59 bits per heavy atom. The summed E-state index contributed by atoms with van der Waals surface area (Å²) in [5, 5.41) is 9.99. The summed E-state index contributed by atoms with van der Waals surface area (Å²) in [6.07, 6.45) is 0. The average molecular weight is 422 g/mol. The molecular weight excluding hydrogens is 409 g/mol. The summed E-state index contributed by atoms with van der Waals surface area (Å²) in [6, 6.07) is 17.2. The summed E-state index contributed by atoms with van der Waals surface area (Å²) in [6.45, 7) is 0. The molecule has 0 heterocycles. The zero-order valence-corrected chi connectivity index (χ0v) is 16.0. The van der Waals surface area contributed by atoms with Gasteiger partial charge in [-0.3, -0.25) is 4.72 Å². The van der Waals surface area contributed by atoms with Crippen LogP contribution in [0.15, 0.2) is 71.6 Å². The second kappa shape index (κ2) is 7.60. The van der Waals surface area contributed by atoms with E-state index in [1.807, 2.05) is 12.1 Å². The minimum absolute atomic E-state index is 0.00964. The molecule has 3 rings (SSSR count). The Balaban J connectivity index is 1.93. The van der Waals surface area contributed by atoms with Crippen LogP contribution in [-0.4, -0.2) is 19.5 Å². The van der Waals surface area contributed by atoms with Crippen LogP contribution in [0.2, 0.25) is 10.0 Å². The highest BCUT2D eigenvalue weighted by molar-refractivity contribution is 7.92. The monoisotopic (exact) mass is 421 g/mol. The number of aromatic carboxylic acids is 1. The van der Waals surface area contributed by atoms with Gasteiger partial charge in [0.25, 0.3) is 10.0 Å². The van der Waals surface area contributed by atoms with Gasteiger partial charge < -0.3 is 5.11 Å². The summed E-state index contributed by atoms with van der Waals surface area (Å²) in [5.41, 5.74) is 1.24. The van der Waals surface area contributed by atoms with Crippen molar-refractivity contribution in [3.63, 3.8) is 0 Å². The van der Waals surface area contributed by atoms with Crippen LogP contribution >= 0.6 is 23.2 Å². The van der Waals surface area contributed by atoms with Gasteiger partial charge in [0, 0.05) is 15.6 Å². The fourth-order valence-corrected chi connectivity index (χ4v) is 3.99. The van der Waals surface area contributed by atoms with E-state index in [0.717, 1.165) is 11.1 Å². The standard InChI is InChI=1S/C19H13Cl2NO4S/c20-13-7-10-18(16(11-13)19(23)24)22-27(25,26)14-8-5-12(6-9-14)15-3-1-2-4-17(15)21/h1-11,22H,(H,23,24). The van der Waals surface area contributed by atoms with Crippen LogP contribution in [0.4, 0.5) is 5.69 Å². The maximum Gasteiger partial charge on any atom is 0.337 e. The average Bonchev–Trinajstić information content (AvgIpc) is 2.63. The van der Waals surface area contributed by atoms with Gasteiger partial charge in [0.15, 0.2) is 0 Å². The summed E-state index contributed by atoms with van der Waals surface area (Å²) in [4.78, 5) is 11.3. The van der Waals surface area contributed by atoms with Crippen molar-refractivity contribution in [1.82, 2.24) is 0 Å². The third-order valence-electron chi connectivity index (χ3n) is 3.81. The number of hydrogen-bond acceptors (Lipinski definition) is 3. The first-order valence-electron chi connectivity index (χ1n) is 7.68. The topological polar surface area (TPSA) is 83.5 Å². The quantitative estimate of drug-likeness (QED) is 0.595. The van der Waals surface area contributed by atoms with E-state index in [0.29, 0.717) is 5.02 Å². The molecule has 0 radical (unpaired) electrons. The fraction of sp³-hybridized carbons (Fsp3) is 0. The van der Waals surface area contributed by atoms with E-state index in [1.165, 1.54) is 30.3 Å². The number of benzene rings is 3. The highest BCUT2D eigenvalue weighted by Crippen LogP contribution is 2.29. The number of carboxylic acid groups (broad SMARTS) is 1. The van der Waals surface area contributed by atoms with Crippen LogP contribution in [0, 0.1) is 0 Å². The largest absolute Gasteiger partial charge is 0.478 e. The Bertz CT molecular complexity index is 1110. The maximum absolute atomic E-state index is 12.6. The minimum Gasteiger partial charge on any atom is -0.478 e. The molecule has 0 aliphatic heterocycles. The molecule has 0 amide bonds. The Morgan fingerprint density at radius 3 is 2.22 bits per heavy atom. The molecule has 2 N–H and O–H groups in total. The van der Waals surface area contributed by atoms with Gasteiger partial charge in [-0.15, -0.1) is 0 Å². The molecule has 3 aromatic rings. The predicted molar refractivity (Wildman–Crippen MR) is 106 cm³/mol. The molecule has 27 heavy (non-hydrogen) atoms. The normalized spacial score (nSPS) is 11.2. The molecule has 5 nitrogen and oxygen atoms in total. The SMILES string of the molecule is O=C(O)c1cc(Cl)ccc1NS(=O)(=O)c1ccc(-c2ccccc2Cl)cc1. The van der Waals surface area contributed by atoms with Crippen molar-refractivity contribution in [2.24, 2.45) is 0 Å². The number of carbonyl (C=O) groups is 1. The van der Waals surface area contributed by atoms with E-state index in [4.69, 9.17) is 23.2 Å². The van der Waals surface area contributed by atoms with Crippen LogP contribution in [0.3, 0.4) is 0 Å². The van der Waals surface area contributed by atoms with E-state index >= 15 is 0 Å². The molecule has 0 atom stereocenters. The lowest BCUT2D eigenvalue weighted by molar-refractivity contribution is 0.0698. The van der Waals surface area contributed by atoms with E-state index < -0.39 is 16.0 Å². The molecule has 0 bridgehead atoms. The van der Waals surface area contributed by atoms with Crippen molar-refractivity contribution in [1.29, 1.82) is 0 Å². The molecule has 0 aliphatic carbocycles. The molecular formula is C19H13Cl2NO4S. The van der Waals surface area contributed by atoms with Crippen molar-refractivity contribution < 1.29 is 18.3 Å². The molecule has 0 fully saturated rings. The number of halogens is 2. The van der Waals surface area contributed by atoms with Crippen LogP contribution in [0.25, 0.3) is 11.1 Å². The Kier molecular flexibility index (Phi) is 5.41. The zero-order valence-electron chi connectivity index (χ0n) is 13.7. The van der Waals surface area contributed by atoms with Gasteiger partial charge in [-0.05, 0) is 42.0 Å². The summed E-state index contributed by atoms with van der Waals surface area (Å²) in [7, 11) is -3.98. The van der Waals surface area contributed by atoms with Crippen molar-refractivity contribution in [3.8, 4) is 11.1 Å². The molecule has 0 saturated carbocycles. The second-order valence-corrected chi connectivity index (χ2v) is 8.13. The lowest BCUT2D eigenvalue weighted by Gasteiger charge is -2.12. The van der Waals surface area contributed by atoms with Gasteiger partial charge in [0.05, 0.1) is 16.1 Å². The molecule has 3 aromatic carbocycles.